The van der Waals surface area contributed by atoms with E-state index in [0.29, 0.717) is 11.1 Å². The van der Waals surface area contributed by atoms with Crippen LogP contribution in [0.25, 0.3) is 21.9 Å². The zero-order valence-electron chi connectivity index (χ0n) is 15.2. The van der Waals surface area contributed by atoms with Crippen molar-refractivity contribution in [3.8, 4) is 11.1 Å². The van der Waals surface area contributed by atoms with Crippen molar-refractivity contribution in [2.45, 2.75) is 6.92 Å². The lowest BCUT2D eigenvalue weighted by atomic mass is 9.95. The van der Waals surface area contributed by atoms with Gasteiger partial charge in [0.15, 0.2) is 0 Å². The molecular formula is C23H18N2O2S. The monoisotopic (exact) mass is 386 g/mol. The van der Waals surface area contributed by atoms with Crippen molar-refractivity contribution in [2.75, 3.05) is 5.32 Å². The Morgan fingerprint density at radius 1 is 0.893 bits per heavy atom. The summed E-state index contributed by atoms with van der Waals surface area (Å²) in [5.74, 6) is -0.552. The molecule has 0 aliphatic heterocycles. The molecule has 0 spiro atoms. The second kappa shape index (κ2) is 7.29. The quantitative estimate of drug-likeness (QED) is 0.504. The fourth-order valence-electron chi connectivity index (χ4n) is 3.17. The molecule has 3 aromatic carbocycles. The van der Waals surface area contributed by atoms with Gasteiger partial charge >= 0.3 is 0 Å². The van der Waals surface area contributed by atoms with Gasteiger partial charge in [0.1, 0.15) is 0 Å². The molecule has 2 amide bonds. The molecule has 0 fully saturated rings. The summed E-state index contributed by atoms with van der Waals surface area (Å²) < 4.78 is 0. The van der Waals surface area contributed by atoms with Gasteiger partial charge in [-0.3, -0.25) is 9.59 Å². The summed E-state index contributed by atoms with van der Waals surface area (Å²) in [7, 11) is 0. The van der Waals surface area contributed by atoms with Gasteiger partial charge in [-0.05, 0) is 76.2 Å². The van der Waals surface area contributed by atoms with E-state index >= 15 is 0 Å². The lowest BCUT2D eigenvalue weighted by Crippen LogP contribution is -2.11. The number of primary amides is 1. The number of carbonyl (C=O) groups is 2. The van der Waals surface area contributed by atoms with E-state index in [9.17, 15) is 9.59 Å². The lowest BCUT2D eigenvalue weighted by molar-refractivity contribution is 0.0997. The fraction of sp³-hybridized carbons (Fsp3) is 0.0435. The van der Waals surface area contributed by atoms with Gasteiger partial charge in [0, 0.05) is 16.6 Å². The van der Waals surface area contributed by atoms with Crippen LogP contribution in [0.5, 0.6) is 0 Å². The molecule has 0 aliphatic carbocycles. The third kappa shape index (κ3) is 3.52. The molecule has 1 aromatic heterocycles. The number of carbonyl (C=O) groups excluding carboxylic acids is 2. The molecule has 0 aliphatic rings. The average Bonchev–Trinajstić information content (AvgIpc) is 3.23. The Morgan fingerprint density at radius 3 is 2.43 bits per heavy atom. The van der Waals surface area contributed by atoms with E-state index < -0.39 is 5.91 Å². The molecule has 4 nitrogen and oxygen atoms in total. The predicted molar refractivity (Wildman–Crippen MR) is 115 cm³/mol. The van der Waals surface area contributed by atoms with E-state index in [-0.39, 0.29) is 5.91 Å². The SMILES string of the molecule is Cc1ccc(C(N)=O)cc1-c1ccc2cc(NC(=O)c3ccsc3)ccc2c1. The van der Waals surface area contributed by atoms with E-state index in [4.69, 9.17) is 5.73 Å². The van der Waals surface area contributed by atoms with Gasteiger partial charge in [0.2, 0.25) is 5.91 Å². The maximum Gasteiger partial charge on any atom is 0.256 e. The summed E-state index contributed by atoms with van der Waals surface area (Å²) in [5, 5.41) is 8.71. The highest BCUT2D eigenvalue weighted by molar-refractivity contribution is 7.08. The summed E-state index contributed by atoms with van der Waals surface area (Å²) in [6, 6.07) is 19.2. The number of hydrogen-bond donors (Lipinski definition) is 2. The molecule has 1 heterocycles. The van der Waals surface area contributed by atoms with Gasteiger partial charge in [0.05, 0.1) is 5.56 Å². The van der Waals surface area contributed by atoms with Crippen molar-refractivity contribution < 1.29 is 9.59 Å². The van der Waals surface area contributed by atoms with Gasteiger partial charge in [-0.1, -0.05) is 24.3 Å². The number of anilines is 1. The Labute approximate surface area is 166 Å². The minimum absolute atomic E-state index is 0.115. The number of aryl methyl sites for hydroxylation is 1. The number of benzene rings is 3. The first kappa shape index (κ1) is 17.9. The van der Waals surface area contributed by atoms with Gasteiger partial charge < -0.3 is 11.1 Å². The summed E-state index contributed by atoms with van der Waals surface area (Å²) in [4.78, 5) is 23.7. The average molecular weight is 386 g/mol. The van der Waals surface area contributed by atoms with Crippen LogP contribution >= 0.6 is 11.3 Å². The highest BCUT2D eigenvalue weighted by Crippen LogP contribution is 2.29. The molecule has 5 heteroatoms. The smallest absolute Gasteiger partial charge is 0.256 e. The number of nitrogens with two attached hydrogens (primary N) is 1. The van der Waals surface area contributed by atoms with E-state index in [1.165, 1.54) is 11.3 Å². The maximum absolute atomic E-state index is 12.2. The van der Waals surface area contributed by atoms with Gasteiger partial charge in [0.25, 0.3) is 5.91 Å². The molecule has 0 atom stereocenters. The normalized spacial score (nSPS) is 10.8. The molecule has 0 bridgehead atoms. The van der Waals surface area contributed by atoms with Gasteiger partial charge in [-0.15, -0.1) is 0 Å². The van der Waals surface area contributed by atoms with E-state index in [1.807, 2.05) is 60.1 Å². The van der Waals surface area contributed by atoms with Crippen molar-refractivity contribution in [3.63, 3.8) is 0 Å². The van der Waals surface area contributed by atoms with E-state index in [0.717, 1.165) is 33.2 Å². The van der Waals surface area contributed by atoms with Crippen LogP contribution in [-0.2, 0) is 0 Å². The Kier molecular flexibility index (Phi) is 4.67. The highest BCUT2D eigenvalue weighted by atomic mass is 32.1. The standard InChI is InChI=1S/C23H18N2O2S/c1-14-2-3-18(22(24)26)12-21(14)17-5-4-16-11-20(7-6-15(16)10-17)25-23(27)19-8-9-28-13-19/h2-13H,1H3,(H2,24,26)(H,25,27). The number of hydrogen-bond acceptors (Lipinski definition) is 3. The Morgan fingerprint density at radius 2 is 1.68 bits per heavy atom. The number of rotatable bonds is 4. The summed E-state index contributed by atoms with van der Waals surface area (Å²) >= 11 is 1.49. The van der Waals surface area contributed by atoms with Crippen LogP contribution in [0.1, 0.15) is 26.3 Å². The summed E-state index contributed by atoms with van der Waals surface area (Å²) in [5.41, 5.74) is 10.4. The van der Waals surface area contributed by atoms with Gasteiger partial charge in [-0.2, -0.15) is 11.3 Å². The van der Waals surface area contributed by atoms with Crippen molar-refractivity contribution in [1.29, 1.82) is 0 Å². The van der Waals surface area contributed by atoms with Crippen molar-refractivity contribution in [3.05, 3.63) is 88.1 Å². The fourth-order valence-corrected chi connectivity index (χ4v) is 3.81. The second-order valence-corrected chi connectivity index (χ2v) is 7.42. The van der Waals surface area contributed by atoms with Crippen LogP contribution in [0.3, 0.4) is 0 Å². The van der Waals surface area contributed by atoms with Crippen LogP contribution in [0.15, 0.2) is 71.4 Å². The Balaban J connectivity index is 1.66. The summed E-state index contributed by atoms with van der Waals surface area (Å²) in [6.45, 7) is 2.01. The molecule has 0 saturated carbocycles. The molecule has 3 N–H and O–H groups in total. The minimum Gasteiger partial charge on any atom is -0.366 e. The van der Waals surface area contributed by atoms with Crippen LogP contribution in [0.4, 0.5) is 5.69 Å². The molecule has 4 rings (SSSR count). The van der Waals surface area contributed by atoms with E-state index in [2.05, 4.69) is 11.4 Å². The molecular weight excluding hydrogens is 368 g/mol. The minimum atomic E-state index is -0.437. The number of amides is 2. The zero-order chi connectivity index (χ0) is 19.7. The number of fused-ring (bicyclic) bond motifs is 1. The van der Waals surface area contributed by atoms with Crippen molar-refractivity contribution in [1.82, 2.24) is 0 Å². The molecule has 28 heavy (non-hydrogen) atoms. The lowest BCUT2D eigenvalue weighted by Gasteiger charge is -2.10. The molecule has 0 radical (unpaired) electrons. The van der Waals surface area contributed by atoms with E-state index in [1.54, 1.807) is 12.1 Å². The first-order valence-corrected chi connectivity index (χ1v) is 9.74. The zero-order valence-corrected chi connectivity index (χ0v) is 16.0. The first-order chi connectivity index (χ1) is 13.5. The number of nitrogens with one attached hydrogen (secondary N) is 1. The topological polar surface area (TPSA) is 72.2 Å². The third-order valence-corrected chi connectivity index (χ3v) is 5.40. The molecule has 0 saturated heterocycles. The van der Waals surface area contributed by atoms with Crippen LogP contribution < -0.4 is 11.1 Å². The number of thiophene rings is 1. The first-order valence-electron chi connectivity index (χ1n) is 8.79. The van der Waals surface area contributed by atoms with Crippen LogP contribution in [0, 0.1) is 6.92 Å². The van der Waals surface area contributed by atoms with Crippen molar-refractivity contribution in [2.24, 2.45) is 5.73 Å². The Bertz CT molecular complexity index is 1200. The Hall–Kier alpha value is -3.44. The third-order valence-electron chi connectivity index (χ3n) is 4.71. The predicted octanol–water partition coefficient (Wildman–Crippen LogP) is 5.23. The largest absolute Gasteiger partial charge is 0.366 e. The van der Waals surface area contributed by atoms with Crippen molar-refractivity contribution >= 4 is 39.6 Å². The summed E-state index contributed by atoms with van der Waals surface area (Å²) in [6.07, 6.45) is 0. The molecule has 138 valence electrons. The highest BCUT2D eigenvalue weighted by Gasteiger charge is 2.09. The molecule has 0 unspecified atom stereocenters. The van der Waals surface area contributed by atoms with Gasteiger partial charge in [-0.25, -0.2) is 0 Å². The van der Waals surface area contributed by atoms with Crippen LogP contribution in [0.2, 0.25) is 0 Å². The second-order valence-electron chi connectivity index (χ2n) is 6.64. The molecule has 4 aromatic rings. The van der Waals surface area contributed by atoms with Crippen LogP contribution in [-0.4, -0.2) is 11.8 Å². The maximum atomic E-state index is 12.2.